The highest BCUT2D eigenvalue weighted by Crippen LogP contribution is 2.27. The Kier molecular flexibility index (Phi) is 19.0. The zero-order chi connectivity index (χ0) is 42.6. The summed E-state index contributed by atoms with van der Waals surface area (Å²) in [5, 5.41) is 110. The Balaban J connectivity index is 1.48. The van der Waals surface area contributed by atoms with Crippen LogP contribution >= 0.6 is 0 Å². The lowest BCUT2D eigenvalue weighted by Crippen LogP contribution is -2.61. The van der Waals surface area contributed by atoms with Crippen LogP contribution in [0.15, 0.2) is 83.1 Å². The minimum atomic E-state index is -1.83. The van der Waals surface area contributed by atoms with Crippen LogP contribution in [0.25, 0.3) is 0 Å². The summed E-state index contributed by atoms with van der Waals surface area (Å²) in [6, 6.07) is 0. The number of rotatable bonds is 15. The van der Waals surface area contributed by atoms with Crippen LogP contribution in [0, 0.1) is 0 Å². The predicted octanol–water partition coefficient (Wildman–Crippen LogP) is -3.05. The van der Waals surface area contributed by atoms with E-state index >= 15 is 0 Å². The van der Waals surface area contributed by atoms with Gasteiger partial charge in [0.2, 0.25) is 12.6 Å². The number of aliphatic hydroxyl groups excluding tert-OH is 11. The maximum absolute atomic E-state index is 12.7. The molecule has 0 spiro atoms. The lowest BCUT2D eigenvalue weighted by Gasteiger charge is -2.42. The molecule has 3 saturated heterocycles. The monoisotopic (exact) mass is 814 g/mol. The maximum atomic E-state index is 12.7. The van der Waals surface area contributed by atoms with Crippen molar-refractivity contribution in [1.82, 2.24) is 0 Å². The number of carbonyl (C=O) groups is 2. The smallest absolute Gasteiger partial charge is 0.336 e. The Labute approximate surface area is 328 Å². The molecule has 0 bridgehead atoms. The normalized spacial score (nSPS) is 37.6. The first-order valence-electron chi connectivity index (χ1n) is 18.0. The number of allylic oxidation sites excluding steroid dienone is 12. The average Bonchev–Trinajstić information content (AvgIpc) is 3.18. The lowest BCUT2D eigenvalue weighted by molar-refractivity contribution is -0.326. The first-order chi connectivity index (χ1) is 26.9. The van der Waals surface area contributed by atoms with Crippen LogP contribution in [0.4, 0.5) is 0 Å². The van der Waals surface area contributed by atoms with Crippen molar-refractivity contribution in [2.24, 2.45) is 0 Å². The molecule has 3 aliphatic heterocycles. The van der Waals surface area contributed by atoms with Gasteiger partial charge in [-0.2, -0.15) is 0 Å². The zero-order valence-electron chi connectivity index (χ0n) is 31.7. The van der Waals surface area contributed by atoms with E-state index in [0.717, 1.165) is 11.1 Å². The molecule has 0 saturated carbocycles. The van der Waals surface area contributed by atoms with Crippen molar-refractivity contribution in [3.63, 3.8) is 0 Å². The fourth-order valence-corrected chi connectivity index (χ4v) is 5.46. The van der Waals surface area contributed by atoms with Gasteiger partial charge in [-0.05, 0) is 27.7 Å². The van der Waals surface area contributed by atoms with Crippen LogP contribution in [0.3, 0.4) is 0 Å². The molecule has 0 radical (unpaired) electrons. The van der Waals surface area contributed by atoms with Gasteiger partial charge in [-0.3, -0.25) is 0 Å². The molecule has 3 heterocycles. The summed E-state index contributed by atoms with van der Waals surface area (Å²) in [6.45, 7) is 4.59. The first-order valence-corrected chi connectivity index (χ1v) is 18.0. The van der Waals surface area contributed by atoms with Gasteiger partial charge in [0.1, 0.15) is 73.2 Å². The number of carbonyl (C=O) groups excluding carboxylic acids is 2. The molecule has 0 aromatic rings. The Morgan fingerprint density at radius 3 is 1.23 bits per heavy atom. The van der Waals surface area contributed by atoms with E-state index in [1.807, 2.05) is 6.92 Å². The minimum absolute atomic E-state index is 0.0944. The molecule has 0 aromatic heterocycles. The summed E-state index contributed by atoms with van der Waals surface area (Å²) in [4.78, 5) is 25.2. The van der Waals surface area contributed by atoms with E-state index in [4.69, 9.17) is 28.4 Å². The van der Waals surface area contributed by atoms with Gasteiger partial charge in [-0.25, -0.2) is 9.59 Å². The molecule has 19 heteroatoms. The Morgan fingerprint density at radius 1 is 0.474 bits per heavy atom. The van der Waals surface area contributed by atoms with Gasteiger partial charge >= 0.3 is 11.9 Å². The van der Waals surface area contributed by atoms with Gasteiger partial charge in [0.25, 0.3) is 0 Å². The van der Waals surface area contributed by atoms with Crippen molar-refractivity contribution in [2.45, 2.75) is 120 Å². The Bertz CT molecular complexity index is 1550. The summed E-state index contributed by atoms with van der Waals surface area (Å²) in [7, 11) is 0. The van der Waals surface area contributed by atoms with E-state index in [1.54, 1.807) is 55.5 Å². The molecular formula is C38H54O19. The molecule has 0 amide bonds. The van der Waals surface area contributed by atoms with Crippen LogP contribution < -0.4 is 0 Å². The van der Waals surface area contributed by atoms with Gasteiger partial charge in [0.05, 0.1) is 19.8 Å². The van der Waals surface area contributed by atoms with Crippen LogP contribution in [-0.4, -0.2) is 180 Å². The van der Waals surface area contributed by atoms with Gasteiger partial charge in [0, 0.05) is 11.1 Å². The van der Waals surface area contributed by atoms with Crippen molar-refractivity contribution in [2.75, 3.05) is 19.8 Å². The van der Waals surface area contributed by atoms with E-state index in [1.165, 1.54) is 26.0 Å². The van der Waals surface area contributed by atoms with E-state index in [-0.39, 0.29) is 11.1 Å². The molecule has 3 fully saturated rings. The number of aliphatic hydroxyl groups is 11. The molecule has 11 N–H and O–H groups in total. The third-order valence-corrected chi connectivity index (χ3v) is 9.12. The first kappa shape index (κ1) is 47.9. The quantitative estimate of drug-likeness (QED) is 0.0445. The molecular weight excluding hydrogens is 760 g/mol. The highest BCUT2D eigenvalue weighted by atomic mass is 16.7. The Morgan fingerprint density at radius 2 is 0.825 bits per heavy atom. The molecule has 0 aromatic carbocycles. The molecule has 3 rings (SSSR count). The van der Waals surface area contributed by atoms with E-state index in [2.05, 4.69) is 0 Å². The van der Waals surface area contributed by atoms with Crippen molar-refractivity contribution in [1.29, 1.82) is 0 Å². The fraction of sp³-hybridized carbons (Fsp3) is 0.579. The largest absolute Gasteiger partial charge is 0.429 e. The summed E-state index contributed by atoms with van der Waals surface area (Å²) in [6.07, 6.45) is -7.55. The van der Waals surface area contributed by atoms with Gasteiger partial charge in [0.15, 0.2) is 6.29 Å². The summed E-state index contributed by atoms with van der Waals surface area (Å²) in [5.41, 5.74) is 1.86. The minimum Gasteiger partial charge on any atom is -0.429 e. The highest BCUT2D eigenvalue weighted by molar-refractivity contribution is 5.88. The summed E-state index contributed by atoms with van der Waals surface area (Å²) >= 11 is 0. The lowest BCUT2D eigenvalue weighted by atomic mass is 9.98. The zero-order valence-corrected chi connectivity index (χ0v) is 31.7. The molecule has 57 heavy (non-hydrogen) atoms. The van der Waals surface area contributed by atoms with Crippen molar-refractivity contribution >= 4 is 11.9 Å². The predicted molar refractivity (Wildman–Crippen MR) is 195 cm³/mol. The summed E-state index contributed by atoms with van der Waals surface area (Å²) in [5.74, 6) is -1.75. The van der Waals surface area contributed by atoms with Gasteiger partial charge in [-0.1, -0.05) is 71.9 Å². The van der Waals surface area contributed by atoms with Crippen molar-refractivity contribution in [3.8, 4) is 0 Å². The van der Waals surface area contributed by atoms with Crippen LogP contribution in [0.1, 0.15) is 27.7 Å². The SMILES string of the molecule is CC(C=CC=C(C)C(=O)O[C@@H]1O[C@H](CO)[C@@H](O)[C@H](O)[C@H]1O)=C/C=C/C=C(C)/C=C/C=C(C)C(=O)O[C@@H]1O[C@H](CO[C@@H]2O[C@H](CO)[C@@H](O)[C@H](O)[C@H]2O)[C@@H](O)[C@H](O)[C@H]1O. The third-order valence-electron chi connectivity index (χ3n) is 9.12. The summed E-state index contributed by atoms with van der Waals surface area (Å²) < 4.78 is 31.6. The second kappa shape index (κ2) is 22.6. The van der Waals surface area contributed by atoms with Crippen LogP contribution in [-0.2, 0) is 38.0 Å². The fourth-order valence-electron chi connectivity index (χ4n) is 5.46. The number of esters is 2. The van der Waals surface area contributed by atoms with Gasteiger partial charge < -0.3 is 84.6 Å². The number of hydrogen-bond donors (Lipinski definition) is 11. The highest BCUT2D eigenvalue weighted by Gasteiger charge is 2.48. The molecule has 0 aliphatic carbocycles. The van der Waals surface area contributed by atoms with Gasteiger partial charge in [-0.15, -0.1) is 0 Å². The standard InChI is InChI=1S/C38H54O19/c1-18(11-7-13-20(3)34(50)56-37-32(48)29(45)26(42)23(16-40)54-37)9-5-6-10-19(2)12-8-14-21(4)35(51)57-38-33(49)30(46)27(43)24(55-38)17-52-36-31(47)28(44)25(41)22(15-39)53-36/h5-14,22-33,36-49H,15-17H2,1-4H3/b6-5+,11-7?,12-8+,18-9?,19-10+,20-13?,21-14?/t22-,23-,24-,25-,26-,27-,28+,29+,30+,31-,32-,33-,36-,37+,38+/m1/s1. The molecule has 0 unspecified atom stereocenters. The van der Waals surface area contributed by atoms with Crippen LogP contribution in [0.5, 0.6) is 0 Å². The molecule has 3 aliphatic rings. The van der Waals surface area contributed by atoms with Crippen molar-refractivity contribution < 1.29 is 94.2 Å². The molecule has 15 atom stereocenters. The Hall–Kier alpha value is -3.48. The second-order valence-electron chi connectivity index (χ2n) is 13.7. The topological polar surface area (TPSA) is 312 Å². The third kappa shape index (κ3) is 13.3. The van der Waals surface area contributed by atoms with E-state index in [0.29, 0.717) is 0 Å². The number of hydrogen-bond acceptors (Lipinski definition) is 19. The molecule has 320 valence electrons. The average molecular weight is 815 g/mol. The number of ether oxygens (including phenoxy) is 6. The second-order valence-corrected chi connectivity index (χ2v) is 13.7. The maximum Gasteiger partial charge on any atom is 0.336 e. The van der Waals surface area contributed by atoms with E-state index in [9.17, 15) is 65.8 Å². The van der Waals surface area contributed by atoms with E-state index < -0.39 is 124 Å². The van der Waals surface area contributed by atoms with Crippen LogP contribution in [0.2, 0.25) is 0 Å². The van der Waals surface area contributed by atoms with Crippen molar-refractivity contribution in [3.05, 3.63) is 83.1 Å². The molecule has 19 nitrogen and oxygen atoms in total.